The predicted octanol–water partition coefficient (Wildman–Crippen LogP) is 5.13. The Morgan fingerprint density at radius 1 is 1.26 bits per heavy atom. The van der Waals surface area contributed by atoms with Crippen LogP contribution in [-0.2, 0) is 23.2 Å². The highest BCUT2D eigenvalue weighted by Crippen LogP contribution is 2.41. The molecule has 0 aliphatic heterocycles. The summed E-state index contributed by atoms with van der Waals surface area (Å²) in [6, 6.07) is 7.26. The van der Waals surface area contributed by atoms with Crippen molar-refractivity contribution >= 4 is 33.2 Å². The smallest absolute Gasteiger partial charge is 0.254 e. The van der Waals surface area contributed by atoms with Gasteiger partial charge in [0.25, 0.3) is 5.56 Å². The summed E-state index contributed by atoms with van der Waals surface area (Å²) >= 11 is 6.38. The van der Waals surface area contributed by atoms with Crippen molar-refractivity contribution in [1.82, 2.24) is 9.55 Å². The normalized spacial score (nSPS) is 12.7. The van der Waals surface area contributed by atoms with Crippen molar-refractivity contribution in [1.29, 1.82) is 0 Å². The maximum atomic E-state index is 12.6. The molecule has 0 fully saturated rings. The van der Waals surface area contributed by atoms with E-state index in [0.717, 1.165) is 22.3 Å². The molecule has 31 heavy (non-hydrogen) atoms. The minimum absolute atomic E-state index is 0.0303. The van der Waals surface area contributed by atoms with Gasteiger partial charge in [-0.15, -0.1) is 0 Å². The van der Waals surface area contributed by atoms with Crippen LogP contribution in [0.25, 0.3) is 17.2 Å². The standard InChI is InChI=1S/C23H22ClN3O3S/c1-14-7-5-10-19(24)22(14)30-20-12-25-21(26-31(3,4)29)11-17(20)18-13-27(2)23(28)16-9-6-8-15(16)18/h5-8,10-13H,9H2,1-4H3. The second kappa shape index (κ2) is 7.98. The van der Waals surface area contributed by atoms with Gasteiger partial charge in [-0.05, 0) is 36.6 Å². The molecule has 0 saturated heterocycles. The summed E-state index contributed by atoms with van der Waals surface area (Å²) in [7, 11) is -0.684. The molecule has 6 nitrogen and oxygen atoms in total. The highest BCUT2D eigenvalue weighted by molar-refractivity contribution is 7.92. The number of allylic oxidation sites excluding steroid dienone is 1. The number of benzene rings is 1. The fourth-order valence-electron chi connectivity index (χ4n) is 3.56. The molecule has 8 heteroatoms. The molecule has 0 bridgehead atoms. The van der Waals surface area contributed by atoms with E-state index >= 15 is 0 Å². The first kappa shape index (κ1) is 21.3. The molecule has 4 rings (SSSR count). The van der Waals surface area contributed by atoms with E-state index < -0.39 is 9.73 Å². The predicted molar refractivity (Wildman–Crippen MR) is 126 cm³/mol. The largest absolute Gasteiger partial charge is 0.453 e. The van der Waals surface area contributed by atoms with Crippen molar-refractivity contribution < 1.29 is 8.95 Å². The van der Waals surface area contributed by atoms with Gasteiger partial charge in [0.05, 0.1) is 11.2 Å². The molecule has 1 aromatic carbocycles. The Hall–Kier alpha value is -2.90. The van der Waals surface area contributed by atoms with E-state index in [9.17, 15) is 9.00 Å². The van der Waals surface area contributed by atoms with Gasteiger partial charge >= 0.3 is 0 Å². The van der Waals surface area contributed by atoms with E-state index in [1.54, 1.807) is 48.7 Å². The Bertz CT molecular complexity index is 1390. The number of para-hydroxylation sites is 1. The van der Waals surface area contributed by atoms with Crippen LogP contribution in [-0.4, -0.2) is 26.3 Å². The Kier molecular flexibility index (Phi) is 5.49. The van der Waals surface area contributed by atoms with Gasteiger partial charge in [0, 0.05) is 52.2 Å². The molecule has 2 heterocycles. The molecule has 0 amide bonds. The van der Waals surface area contributed by atoms with Gasteiger partial charge in [-0.25, -0.2) is 9.19 Å². The minimum atomic E-state index is -2.41. The quantitative estimate of drug-likeness (QED) is 0.546. The van der Waals surface area contributed by atoms with Crippen LogP contribution in [0.15, 0.2) is 51.9 Å². The molecule has 0 atom stereocenters. The number of aryl methyl sites for hydroxylation is 2. The molecule has 0 radical (unpaired) electrons. The molecule has 0 spiro atoms. The number of hydrogen-bond donors (Lipinski definition) is 0. The van der Waals surface area contributed by atoms with E-state index in [0.29, 0.717) is 34.3 Å². The summed E-state index contributed by atoms with van der Waals surface area (Å²) in [4.78, 5) is 16.9. The number of fused-ring (bicyclic) bond motifs is 1. The van der Waals surface area contributed by atoms with Crippen LogP contribution in [0.4, 0.5) is 5.82 Å². The van der Waals surface area contributed by atoms with Crippen molar-refractivity contribution in [2.45, 2.75) is 13.3 Å². The number of nitrogens with zero attached hydrogens (tertiary/aromatic N) is 3. The summed E-state index contributed by atoms with van der Waals surface area (Å²) in [5, 5.41) is 0.482. The molecule has 0 N–H and O–H groups in total. The molecule has 3 aromatic rings. The Morgan fingerprint density at radius 2 is 2.03 bits per heavy atom. The lowest BCUT2D eigenvalue weighted by Gasteiger charge is -2.17. The van der Waals surface area contributed by atoms with Crippen molar-refractivity contribution in [3.05, 3.63) is 74.8 Å². The number of halogens is 1. The zero-order valence-electron chi connectivity index (χ0n) is 17.7. The number of rotatable bonds is 4. The van der Waals surface area contributed by atoms with E-state index in [2.05, 4.69) is 9.35 Å². The van der Waals surface area contributed by atoms with Gasteiger partial charge in [0.1, 0.15) is 5.75 Å². The number of hydrogen-bond acceptors (Lipinski definition) is 5. The van der Waals surface area contributed by atoms with Gasteiger partial charge in [-0.1, -0.05) is 35.9 Å². The number of ether oxygens (including phenoxy) is 1. The van der Waals surface area contributed by atoms with Crippen LogP contribution in [0.2, 0.25) is 5.02 Å². The number of pyridine rings is 2. The Balaban J connectivity index is 1.98. The summed E-state index contributed by atoms with van der Waals surface area (Å²) in [6.45, 7) is 1.91. The second-order valence-corrected chi connectivity index (χ2v) is 10.7. The topological polar surface area (TPSA) is 73.6 Å². The maximum absolute atomic E-state index is 12.6. The third-order valence-corrected chi connectivity index (χ3v) is 5.88. The SMILES string of the molecule is Cc1cccc(Cl)c1Oc1cnc(N=S(C)(C)=O)cc1-c1cn(C)c(=O)c2c1C=CC2. The minimum Gasteiger partial charge on any atom is -0.453 e. The Labute approximate surface area is 186 Å². The van der Waals surface area contributed by atoms with Crippen LogP contribution in [0.5, 0.6) is 11.5 Å². The fourth-order valence-corrected chi connectivity index (χ4v) is 4.37. The molecular formula is C23H22ClN3O3S. The van der Waals surface area contributed by atoms with Crippen LogP contribution in [0.1, 0.15) is 16.7 Å². The zero-order valence-corrected chi connectivity index (χ0v) is 19.3. The maximum Gasteiger partial charge on any atom is 0.254 e. The average molecular weight is 456 g/mol. The third kappa shape index (κ3) is 4.29. The van der Waals surface area contributed by atoms with E-state index in [1.807, 2.05) is 31.2 Å². The van der Waals surface area contributed by atoms with Crippen molar-refractivity contribution in [3.63, 3.8) is 0 Å². The van der Waals surface area contributed by atoms with Crippen LogP contribution >= 0.6 is 11.6 Å². The van der Waals surface area contributed by atoms with Crippen LogP contribution in [0.3, 0.4) is 0 Å². The van der Waals surface area contributed by atoms with Gasteiger partial charge in [0.15, 0.2) is 11.6 Å². The van der Waals surface area contributed by atoms with Crippen molar-refractivity contribution in [3.8, 4) is 22.6 Å². The lowest BCUT2D eigenvalue weighted by molar-refractivity contribution is 0.478. The summed E-state index contributed by atoms with van der Waals surface area (Å²) in [6.07, 6.45) is 10.9. The molecule has 2 aromatic heterocycles. The zero-order chi connectivity index (χ0) is 22.3. The lowest BCUT2D eigenvalue weighted by Crippen LogP contribution is -2.21. The van der Waals surface area contributed by atoms with Gasteiger partial charge < -0.3 is 9.30 Å². The van der Waals surface area contributed by atoms with Gasteiger partial charge in [0.2, 0.25) is 0 Å². The lowest BCUT2D eigenvalue weighted by atomic mass is 9.99. The fraction of sp³-hybridized carbons (Fsp3) is 0.217. The summed E-state index contributed by atoms with van der Waals surface area (Å²) in [5.74, 6) is 1.33. The number of aromatic nitrogens is 2. The molecule has 1 aliphatic rings. The Morgan fingerprint density at radius 3 is 2.74 bits per heavy atom. The van der Waals surface area contributed by atoms with E-state index in [1.165, 1.54) is 0 Å². The third-order valence-electron chi connectivity index (χ3n) is 4.96. The molecular weight excluding hydrogens is 434 g/mol. The summed E-state index contributed by atoms with van der Waals surface area (Å²) in [5.41, 5.74) is 3.91. The first-order chi connectivity index (χ1) is 14.6. The van der Waals surface area contributed by atoms with Crippen molar-refractivity contribution in [2.75, 3.05) is 12.5 Å². The average Bonchev–Trinajstić information content (AvgIpc) is 3.17. The van der Waals surface area contributed by atoms with Gasteiger partial charge in [-0.2, -0.15) is 4.36 Å². The first-order valence-electron chi connectivity index (χ1n) is 9.63. The summed E-state index contributed by atoms with van der Waals surface area (Å²) < 4.78 is 24.3. The van der Waals surface area contributed by atoms with E-state index in [-0.39, 0.29) is 5.56 Å². The highest BCUT2D eigenvalue weighted by atomic mass is 35.5. The molecule has 1 aliphatic carbocycles. The first-order valence-corrected chi connectivity index (χ1v) is 12.3. The highest BCUT2D eigenvalue weighted by Gasteiger charge is 2.21. The van der Waals surface area contributed by atoms with Gasteiger partial charge in [-0.3, -0.25) is 4.79 Å². The van der Waals surface area contributed by atoms with Crippen LogP contribution in [0, 0.1) is 6.92 Å². The van der Waals surface area contributed by atoms with Crippen LogP contribution < -0.4 is 10.3 Å². The second-order valence-electron chi connectivity index (χ2n) is 7.76. The molecule has 160 valence electrons. The van der Waals surface area contributed by atoms with Crippen molar-refractivity contribution in [2.24, 2.45) is 11.4 Å². The molecule has 0 saturated carbocycles. The van der Waals surface area contributed by atoms with E-state index in [4.69, 9.17) is 16.3 Å². The monoisotopic (exact) mass is 455 g/mol. The molecule has 0 unspecified atom stereocenters.